The number of para-hydroxylation sites is 1. The summed E-state index contributed by atoms with van der Waals surface area (Å²) in [7, 11) is 1.67. The van der Waals surface area contributed by atoms with Crippen LogP contribution in [-0.4, -0.2) is 18.2 Å². The summed E-state index contributed by atoms with van der Waals surface area (Å²) in [6, 6.07) is 12.1. The van der Waals surface area contributed by atoms with Crippen LogP contribution < -0.4 is 5.32 Å². The van der Waals surface area contributed by atoms with Gasteiger partial charge in [0.05, 0.1) is 11.7 Å². The Morgan fingerprint density at radius 2 is 1.82 bits per heavy atom. The van der Waals surface area contributed by atoms with Crippen LogP contribution in [0.2, 0.25) is 0 Å². The quantitative estimate of drug-likeness (QED) is 0.848. The summed E-state index contributed by atoms with van der Waals surface area (Å²) in [6.07, 6.45) is 0.613. The van der Waals surface area contributed by atoms with E-state index in [9.17, 15) is 5.26 Å². The zero-order valence-electron chi connectivity index (χ0n) is 10.9. The fraction of sp³-hybridized carbons (Fsp3) is 0.500. The second-order valence-electron chi connectivity index (χ2n) is 5.08. The number of hydrogen-bond donors (Lipinski definition) is 1. The molecule has 0 bridgehead atoms. The first-order valence-corrected chi connectivity index (χ1v) is 5.70. The molecule has 0 aromatic heterocycles. The van der Waals surface area contributed by atoms with E-state index in [4.69, 9.17) is 4.74 Å². The Kier molecular flexibility index (Phi) is 4.14. The molecule has 0 saturated heterocycles. The molecule has 0 saturated carbocycles. The van der Waals surface area contributed by atoms with E-state index in [0.29, 0.717) is 6.42 Å². The summed E-state index contributed by atoms with van der Waals surface area (Å²) in [5.74, 6) is 0. The lowest BCUT2D eigenvalue weighted by molar-refractivity contribution is 0.00725. The highest BCUT2D eigenvalue weighted by atomic mass is 16.5. The molecule has 1 atom stereocenters. The third-order valence-corrected chi connectivity index (χ3v) is 2.77. The second-order valence-corrected chi connectivity index (χ2v) is 5.08. The van der Waals surface area contributed by atoms with Crippen LogP contribution in [0.25, 0.3) is 0 Å². The smallest absolute Gasteiger partial charge is 0.125 e. The number of rotatable bonds is 5. The Hall–Kier alpha value is -1.53. The Morgan fingerprint density at radius 3 is 2.29 bits per heavy atom. The van der Waals surface area contributed by atoms with E-state index in [-0.39, 0.29) is 5.60 Å². The number of anilines is 1. The van der Waals surface area contributed by atoms with Gasteiger partial charge in [-0.3, -0.25) is 0 Å². The minimum absolute atomic E-state index is 0.327. The van der Waals surface area contributed by atoms with Crippen LogP contribution in [0.5, 0.6) is 0 Å². The van der Waals surface area contributed by atoms with E-state index in [1.807, 2.05) is 51.1 Å². The van der Waals surface area contributed by atoms with Gasteiger partial charge in [-0.15, -0.1) is 0 Å². The molecule has 3 nitrogen and oxygen atoms in total. The van der Waals surface area contributed by atoms with Gasteiger partial charge in [0, 0.05) is 19.2 Å². The standard InChI is InChI=1S/C14H20N2O/c1-13(2,17-4)10-14(3,11-15)16-12-8-6-5-7-9-12/h5-9,16H,10H2,1-4H3. The summed E-state index contributed by atoms with van der Waals surface area (Å²) < 4.78 is 5.38. The molecule has 3 heteroatoms. The highest BCUT2D eigenvalue weighted by Crippen LogP contribution is 2.26. The summed E-state index contributed by atoms with van der Waals surface area (Å²) in [6.45, 7) is 5.85. The van der Waals surface area contributed by atoms with Crippen molar-refractivity contribution in [3.8, 4) is 6.07 Å². The lowest BCUT2D eigenvalue weighted by atomic mass is 9.88. The van der Waals surface area contributed by atoms with Crippen molar-refractivity contribution in [3.05, 3.63) is 30.3 Å². The highest BCUT2D eigenvalue weighted by molar-refractivity contribution is 5.47. The SMILES string of the molecule is COC(C)(C)CC(C)(C#N)Nc1ccccc1. The molecular weight excluding hydrogens is 212 g/mol. The van der Waals surface area contributed by atoms with Crippen molar-refractivity contribution < 1.29 is 4.74 Å². The van der Waals surface area contributed by atoms with Crippen LogP contribution in [0.3, 0.4) is 0 Å². The average molecular weight is 232 g/mol. The molecule has 0 aliphatic rings. The normalized spacial score (nSPS) is 14.8. The number of ether oxygens (including phenoxy) is 1. The van der Waals surface area contributed by atoms with E-state index in [0.717, 1.165) is 5.69 Å². The molecule has 0 amide bonds. The number of methoxy groups -OCH3 is 1. The van der Waals surface area contributed by atoms with Crippen LogP contribution in [-0.2, 0) is 4.74 Å². The molecule has 1 rings (SSSR count). The molecule has 1 unspecified atom stereocenters. The number of hydrogen-bond acceptors (Lipinski definition) is 3. The highest BCUT2D eigenvalue weighted by Gasteiger charge is 2.32. The predicted octanol–water partition coefficient (Wildman–Crippen LogP) is 3.20. The van der Waals surface area contributed by atoms with Gasteiger partial charge in [0.1, 0.15) is 5.54 Å². The summed E-state index contributed by atoms with van der Waals surface area (Å²) in [5, 5.41) is 12.6. The number of nitrogens with zero attached hydrogens (tertiary/aromatic N) is 1. The molecule has 0 radical (unpaired) electrons. The van der Waals surface area contributed by atoms with Crippen LogP contribution in [0.1, 0.15) is 27.2 Å². The largest absolute Gasteiger partial charge is 0.379 e. The zero-order chi connectivity index (χ0) is 12.9. The van der Waals surface area contributed by atoms with Gasteiger partial charge in [-0.25, -0.2) is 0 Å². The van der Waals surface area contributed by atoms with Gasteiger partial charge < -0.3 is 10.1 Å². The molecular formula is C14H20N2O. The van der Waals surface area contributed by atoms with Gasteiger partial charge in [-0.1, -0.05) is 18.2 Å². The molecule has 0 spiro atoms. The van der Waals surface area contributed by atoms with Crippen molar-refractivity contribution in [3.63, 3.8) is 0 Å². The van der Waals surface area contributed by atoms with Crippen molar-refractivity contribution in [1.82, 2.24) is 0 Å². The minimum Gasteiger partial charge on any atom is -0.379 e. The summed E-state index contributed by atoms with van der Waals surface area (Å²) in [4.78, 5) is 0. The van der Waals surface area contributed by atoms with E-state index in [1.165, 1.54) is 0 Å². The Balaban J connectivity index is 2.81. The van der Waals surface area contributed by atoms with Crippen molar-refractivity contribution >= 4 is 5.69 Å². The molecule has 0 aliphatic carbocycles. The van der Waals surface area contributed by atoms with Gasteiger partial charge >= 0.3 is 0 Å². The first-order chi connectivity index (χ1) is 7.91. The summed E-state index contributed by atoms with van der Waals surface area (Å²) >= 11 is 0. The minimum atomic E-state index is -0.638. The van der Waals surface area contributed by atoms with Crippen LogP contribution in [0.15, 0.2) is 30.3 Å². The van der Waals surface area contributed by atoms with Gasteiger partial charge in [0.25, 0.3) is 0 Å². The van der Waals surface area contributed by atoms with E-state index in [2.05, 4.69) is 11.4 Å². The predicted molar refractivity (Wildman–Crippen MR) is 69.8 cm³/mol. The van der Waals surface area contributed by atoms with Crippen molar-refractivity contribution in [2.24, 2.45) is 0 Å². The Bertz CT molecular complexity index is 394. The first kappa shape index (κ1) is 13.5. The van der Waals surface area contributed by atoms with Crippen molar-refractivity contribution in [2.45, 2.75) is 38.3 Å². The van der Waals surface area contributed by atoms with Gasteiger partial charge in [0.2, 0.25) is 0 Å². The van der Waals surface area contributed by atoms with E-state index in [1.54, 1.807) is 7.11 Å². The monoisotopic (exact) mass is 232 g/mol. The molecule has 1 aromatic carbocycles. The van der Waals surface area contributed by atoms with Gasteiger partial charge in [-0.2, -0.15) is 5.26 Å². The van der Waals surface area contributed by atoms with Crippen LogP contribution in [0.4, 0.5) is 5.69 Å². The van der Waals surface area contributed by atoms with Crippen LogP contribution >= 0.6 is 0 Å². The average Bonchev–Trinajstić information content (AvgIpc) is 2.29. The third kappa shape index (κ3) is 4.08. The van der Waals surface area contributed by atoms with Crippen LogP contribution in [0, 0.1) is 11.3 Å². The number of nitriles is 1. The van der Waals surface area contributed by atoms with Crippen molar-refractivity contribution in [1.29, 1.82) is 5.26 Å². The van der Waals surface area contributed by atoms with E-state index < -0.39 is 5.54 Å². The molecule has 1 aromatic rings. The third-order valence-electron chi connectivity index (χ3n) is 2.77. The van der Waals surface area contributed by atoms with Crippen molar-refractivity contribution in [2.75, 3.05) is 12.4 Å². The molecule has 0 heterocycles. The lowest BCUT2D eigenvalue weighted by Crippen LogP contribution is -2.41. The zero-order valence-corrected chi connectivity index (χ0v) is 10.9. The molecule has 92 valence electrons. The molecule has 0 aliphatic heterocycles. The maximum Gasteiger partial charge on any atom is 0.125 e. The lowest BCUT2D eigenvalue weighted by Gasteiger charge is -2.33. The maximum atomic E-state index is 9.34. The Morgan fingerprint density at radius 1 is 1.24 bits per heavy atom. The number of benzene rings is 1. The van der Waals surface area contributed by atoms with Gasteiger partial charge in [0.15, 0.2) is 0 Å². The fourth-order valence-corrected chi connectivity index (χ4v) is 1.88. The topological polar surface area (TPSA) is 45.0 Å². The molecule has 17 heavy (non-hydrogen) atoms. The first-order valence-electron chi connectivity index (χ1n) is 5.70. The number of nitrogens with one attached hydrogen (secondary N) is 1. The molecule has 0 fully saturated rings. The maximum absolute atomic E-state index is 9.34. The molecule has 1 N–H and O–H groups in total. The second kappa shape index (κ2) is 5.20. The Labute approximate surface area is 103 Å². The van der Waals surface area contributed by atoms with E-state index >= 15 is 0 Å². The summed E-state index contributed by atoms with van der Waals surface area (Å²) in [5.41, 5.74) is -0.0175. The fourth-order valence-electron chi connectivity index (χ4n) is 1.88. The van der Waals surface area contributed by atoms with Gasteiger partial charge in [-0.05, 0) is 32.9 Å².